The highest BCUT2D eigenvalue weighted by Gasteiger charge is 2.10. The highest BCUT2D eigenvalue weighted by molar-refractivity contribution is 5.92. The van der Waals surface area contributed by atoms with Crippen molar-refractivity contribution < 1.29 is 14.3 Å². The number of aliphatic hydroxyl groups is 1. The summed E-state index contributed by atoms with van der Waals surface area (Å²) in [7, 11) is 0. The fraction of sp³-hybridized carbons (Fsp3) is 0.462. The molecule has 0 heterocycles. The molecule has 1 rings (SSSR count). The van der Waals surface area contributed by atoms with Gasteiger partial charge in [-0.1, -0.05) is 13.0 Å². The van der Waals surface area contributed by atoms with E-state index in [1.54, 1.807) is 13.0 Å². The Kier molecular flexibility index (Phi) is 5.74. The highest BCUT2D eigenvalue weighted by Crippen LogP contribution is 2.15. The number of hydrogen-bond acceptors (Lipinski definition) is 3. The second-order valence-electron chi connectivity index (χ2n) is 4.10. The first-order chi connectivity index (χ1) is 8.56. The van der Waals surface area contributed by atoms with E-state index in [4.69, 9.17) is 5.11 Å². The molecule has 0 aromatic heterocycles. The average molecular weight is 254 g/mol. The number of rotatable bonds is 6. The predicted octanol–water partition coefficient (Wildman–Crippen LogP) is 1.39. The van der Waals surface area contributed by atoms with E-state index in [0.29, 0.717) is 18.8 Å². The Hall–Kier alpha value is -1.46. The summed E-state index contributed by atoms with van der Waals surface area (Å²) in [5.41, 5.74) is 1.30. The number of nitrogens with one attached hydrogen (secondary N) is 1. The summed E-state index contributed by atoms with van der Waals surface area (Å²) in [6, 6.07) is 4.28. The van der Waals surface area contributed by atoms with E-state index in [9.17, 15) is 9.18 Å². The number of carbonyl (C=O) groups is 1. The van der Waals surface area contributed by atoms with Gasteiger partial charge in [0.1, 0.15) is 5.82 Å². The minimum Gasteiger partial charge on any atom is -0.395 e. The van der Waals surface area contributed by atoms with E-state index < -0.39 is 0 Å². The third-order valence-corrected chi connectivity index (χ3v) is 2.70. The molecular formula is C13H19FN2O2. The van der Waals surface area contributed by atoms with E-state index in [2.05, 4.69) is 5.32 Å². The molecule has 4 nitrogen and oxygen atoms in total. The molecule has 5 heteroatoms. The van der Waals surface area contributed by atoms with Crippen molar-refractivity contribution in [1.29, 1.82) is 0 Å². The second-order valence-corrected chi connectivity index (χ2v) is 4.10. The van der Waals surface area contributed by atoms with Gasteiger partial charge in [0.05, 0.1) is 13.2 Å². The molecule has 1 aromatic rings. The number of aliphatic hydroxyl groups excluding tert-OH is 1. The quantitative estimate of drug-likeness (QED) is 0.806. The fourth-order valence-corrected chi connectivity index (χ4v) is 1.61. The fourth-order valence-electron chi connectivity index (χ4n) is 1.61. The molecule has 18 heavy (non-hydrogen) atoms. The van der Waals surface area contributed by atoms with Gasteiger partial charge in [-0.25, -0.2) is 4.39 Å². The molecule has 0 atom stereocenters. The van der Waals surface area contributed by atoms with Crippen LogP contribution in [0.15, 0.2) is 18.2 Å². The van der Waals surface area contributed by atoms with Crippen LogP contribution in [0.4, 0.5) is 10.1 Å². The van der Waals surface area contributed by atoms with E-state index in [1.807, 2.05) is 11.8 Å². The number of likely N-dealkylation sites (N-methyl/N-ethyl adjacent to an activating group) is 1. The van der Waals surface area contributed by atoms with Gasteiger partial charge in [0.25, 0.3) is 0 Å². The van der Waals surface area contributed by atoms with Gasteiger partial charge in [-0.3, -0.25) is 9.69 Å². The summed E-state index contributed by atoms with van der Waals surface area (Å²) in [4.78, 5) is 13.6. The number of hydrogen-bond donors (Lipinski definition) is 2. The molecule has 100 valence electrons. The maximum atomic E-state index is 13.1. The van der Waals surface area contributed by atoms with Crippen LogP contribution in [-0.4, -0.2) is 42.2 Å². The number of carbonyl (C=O) groups excluding carboxylic acids is 1. The zero-order chi connectivity index (χ0) is 13.5. The normalized spacial score (nSPS) is 10.7. The van der Waals surface area contributed by atoms with E-state index >= 15 is 0 Å². The van der Waals surface area contributed by atoms with Crippen molar-refractivity contribution in [1.82, 2.24) is 4.90 Å². The Balaban J connectivity index is 2.61. The van der Waals surface area contributed by atoms with Gasteiger partial charge in [-0.05, 0) is 31.2 Å². The first-order valence-electron chi connectivity index (χ1n) is 5.96. The molecule has 1 aromatic carbocycles. The van der Waals surface area contributed by atoms with Crippen LogP contribution in [0.3, 0.4) is 0 Å². The number of aryl methyl sites for hydroxylation is 1. The average Bonchev–Trinajstić information content (AvgIpc) is 2.33. The van der Waals surface area contributed by atoms with E-state index in [-0.39, 0.29) is 24.9 Å². The van der Waals surface area contributed by atoms with E-state index in [1.165, 1.54) is 12.1 Å². The Morgan fingerprint density at radius 3 is 2.83 bits per heavy atom. The molecule has 0 saturated carbocycles. The van der Waals surface area contributed by atoms with Crippen LogP contribution >= 0.6 is 0 Å². The SMILES string of the molecule is CCN(CCO)CC(=O)Nc1cc(F)ccc1C. The van der Waals surface area contributed by atoms with Gasteiger partial charge in [-0.15, -0.1) is 0 Å². The van der Waals surface area contributed by atoms with Crippen LogP contribution in [0.5, 0.6) is 0 Å². The summed E-state index contributed by atoms with van der Waals surface area (Å²) in [6.45, 7) is 5.05. The van der Waals surface area contributed by atoms with Gasteiger partial charge in [0.15, 0.2) is 0 Å². The lowest BCUT2D eigenvalue weighted by molar-refractivity contribution is -0.117. The largest absolute Gasteiger partial charge is 0.395 e. The monoisotopic (exact) mass is 254 g/mol. The second kappa shape index (κ2) is 7.08. The molecule has 0 bridgehead atoms. The topological polar surface area (TPSA) is 52.6 Å². The molecular weight excluding hydrogens is 235 g/mol. The van der Waals surface area contributed by atoms with Crippen molar-refractivity contribution in [2.45, 2.75) is 13.8 Å². The van der Waals surface area contributed by atoms with Crippen molar-refractivity contribution in [3.05, 3.63) is 29.6 Å². The number of nitrogens with zero attached hydrogens (tertiary/aromatic N) is 1. The smallest absolute Gasteiger partial charge is 0.238 e. The van der Waals surface area contributed by atoms with Gasteiger partial charge in [-0.2, -0.15) is 0 Å². The Bertz CT molecular complexity index is 410. The number of halogens is 1. The molecule has 2 N–H and O–H groups in total. The van der Waals surface area contributed by atoms with Crippen LogP contribution in [0.25, 0.3) is 0 Å². The van der Waals surface area contributed by atoms with Crippen molar-refractivity contribution in [2.75, 3.05) is 31.6 Å². The van der Waals surface area contributed by atoms with Gasteiger partial charge < -0.3 is 10.4 Å². The van der Waals surface area contributed by atoms with Crippen LogP contribution in [0, 0.1) is 12.7 Å². The van der Waals surface area contributed by atoms with Gasteiger partial charge in [0, 0.05) is 12.2 Å². The lowest BCUT2D eigenvalue weighted by Gasteiger charge is -2.18. The van der Waals surface area contributed by atoms with Gasteiger partial charge in [0.2, 0.25) is 5.91 Å². The van der Waals surface area contributed by atoms with Crippen molar-refractivity contribution in [3.63, 3.8) is 0 Å². The molecule has 1 amide bonds. The zero-order valence-electron chi connectivity index (χ0n) is 10.7. The van der Waals surface area contributed by atoms with Crippen molar-refractivity contribution in [2.24, 2.45) is 0 Å². The van der Waals surface area contributed by atoms with Crippen LogP contribution in [-0.2, 0) is 4.79 Å². The van der Waals surface area contributed by atoms with Crippen LogP contribution in [0.2, 0.25) is 0 Å². The zero-order valence-corrected chi connectivity index (χ0v) is 10.7. The number of anilines is 1. The number of amides is 1. The molecule has 0 fully saturated rings. The summed E-state index contributed by atoms with van der Waals surface area (Å²) >= 11 is 0. The van der Waals surface area contributed by atoms with Crippen molar-refractivity contribution >= 4 is 11.6 Å². The third-order valence-electron chi connectivity index (χ3n) is 2.70. The summed E-state index contributed by atoms with van der Waals surface area (Å²) < 4.78 is 13.1. The first-order valence-corrected chi connectivity index (χ1v) is 5.96. The van der Waals surface area contributed by atoms with Crippen LogP contribution in [0.1, 0.15) is 12.5 Å². The Labute approximate surface area is 106 Å². The maximum absolute atomic E-state index is 13.1. The molecule has 0 spiro atoms. The first kappa shape index (κ1) is 14.6. The Morgan fingerprint density at radius 1 is 1.50 bits per heavy atom. The minimum absolute atomic E-state index is 0.0140. The van der Waals surface area contributed by atoms with Gasteiger partial charge >= 0.3 is 0 Å². The molecule has 0 saturated heterocycles. The van der Waals surface area contributed by atoms with E-state index in [0.717, 1.165) is 5.56 Å². The lowest BCUT2D eigenvalue weighted by Crippen LogP contribution is -2.35. The summed E-state index contributed by atoms with van der Waals surface area (Å²) in [6.07, 6.45) is 0. The minimum atomic E-state index is -0.376. The standard InChI is InChI=1S/C13H19FN2O2/c1-3-16(6-7-17)9-13(18)15-12-8-11(14)5-4-10(12)2/h4-5,8,17H,3,6-7,9H2,1-2H3,(H,15,18). The molecule has 0 aliphatic carbocycles. The van der Waals surface area contributed by atoms with Crippen LogP contribution < -0.4 is 5.32 Å². The summed E-state index contributed by atoms with van der Waals surface area (Å²) in [5.74, 6) is -0.586. The molecule has 0 unspecified atom stereocenters. The molecule has 0 aliphatic rings. The molecule has 0 radical (unpaired) electrons. The highest BCUT2D eigenvalue weighted by atomic mass is 19.1. The summed E-state index contributed by atoms with van der Waals surface area (Å²) in [5, 5.41) is 11.5. The number of benzene rings is 1. The van der Waals surface area contributed by atoms with Crippen molar-refractivity contribution in [3.8, 4) is 0 Å². The third kappa shape index (κ3) is 4.43. The lowest BCUT2D eigenvalue weighted by atomic mass is 10.2. The maximum Gasteiger partial charge on any atom is 0.238 e. The Morgan fingerprint density at radius 2 is 2.22 bits per heavy atom. The predicted molar refractivity (Wildman–Crippen MR) is 69.0 cm³/mol. The molecule has 0 aliphatic heterocycles.